The van der Waals surface area contributed by atoms with Gasteiger partial charge < -0.3 is 28.2 Å². The Kier molecular flexibility index (Phi) is 3900. The van der Waals surface area contributed by atoms with E-state index in [2.05, 4.69) is 0 Å². The molecule has 0 amide bonds. The van der Waals surface area contributed by atoms with Crippen molar-refractivity contribution >= 4 is 72.8 Å². The zero-order chi connectivity index (χ0) is 0. The molecule has 0 saturated heterocycles. The standard InChI is InChI=1S/Ba.6FH.Sn/h;6*1H;/q+2;;;;;;;+4/p-6. The van der Waals surface area contributed by atoms with Crippen molar-refractivity contribution in [2.45, 2.75) is 0 Å². The Hall–Kier alpha value is 1.95. The Labute approximate surface area is 99.4 Å². The third-order valence-corrected chi connectivity index (χ3v) is 0. The van der Waals surface area contributed by atoms with Gasteiger partial charge in [-0.3, -0.25) is 0 Å². The van der Waals surface area contributed by atoms with Crippen LogP contribution in [0, 0.1) is 0 Å². The van der Waals surface area contributed by atoms with Crippen molar-refractivity contribution < 1.29 is 28.2 Å². The van der Waals surface area contributed by atoms with E-state index in [0.29, 0.717) is 0 Å². The van der Waals surface area contributed by atoms with Crippen LogP contribution >= 0.6 is 0 Å². The molecular weight excluding hydrogens is 370 g/mol. The molecule has 0 bridgehead atoms. The minimum absolute atomic E-state index is 0. The van der Waals surface area contributed by atoms with E-state index < -0.39 is 0 Å². The molecule has 0 radical (unpaired) electrons. The summed E-state index contributed by atoms with van der Waals surface area (Å²) in [7, 11) is 0. The Bertz CT molecular complexity index is 8.49. The second-order valence-corrected chi connectivity index (χ2v) is 0. The van der Waals surface area contributed by atoms with Gasteiger partial charge in [0, 0.05) is 0 Å². The topological polar surface area (TPSA) is 0 Å². The summed E-state index contributed by atoms with van der Waals surface area (Å²) < 4.78 is 0. The Morgan fingerprint density at radius 1 is 0.375 bits per heavy atom. The van der Waals surface area contributed by atoms with Crippen LogP contribution in [0.25, 0.3) is 0 Å². The van der Waals surface area contributed by atoms with Gasteiger partial charge in [-0.25, -0.2) is 0 Å². The monoisotopic (exact) mass is 372 g/mol. The van der Waals surface area contributed by atoms with E-state index in [1.807, 2.05) is 0 Å². The summed E-state index contributed by atoms with van der Waals surface area (Å²) in [5.74, 6) is 0. The van der Waals surface area contributed by atoms with Gasteiger partial charge in [-0.15, -0.1) is 0 Å². The van der Waals surface area contributed by atoms with E-state index in [1.165, 1.54) is 0 Å². The molecule has 0 unspecified atom stereocenters. The van der Waals surface area contributed by atoms with E-state index in [-0.39, 0.29) is 101 Å². The summed E-state index contributed by atoms with van der Waals surface area (Å²) >= 11 is 0. The molecule has 0 spiro atoms. The molecule has 0 aromatic heterocycles. The first-order valence-corrected chi connectivity index (χ1v) is 0. The smallest absolute Gasteiger partial charge is 1.00 e. The second kappa shape index (κ2) is 149. The van der Waals surface area contributed by atoms with E-state index >= 15 is 0 Å². The summed E-state index contributed by atoms with van der Waals surface area (Å²) in [6.45, 7) is 0. The largest absolute Gasteiger partial charge is 4.00 e. The molecule has 0 aromatic rings. The van der Waals surface area contributed by atoms with Crippen molar-refractivity contribution in [2.24, 2.45) is 0 Å². The zero-order valence-corrected chi connectivity index (χ0v) is 10.8. The van der Waals surface area contributed by atoms with Gasteiger partial charge >= 0.3 is 72.8 Å². The molecule has 8 heteroatoms. The fourth-order valence-electron chi connectivity index (χ4n) is 0. The quantitative estimate of drug-likeness (QED) is 0.294. The molecule has 0 N–H and O–H groups in total. The van der Waals surface area contributed by atoms with Crippen molar-refractivity contribution in [1.29, 1.82) is 0 Å². The summed E-state index contributed by atoms with van der Waals surface area (Å²) in [5.41, 5.74) is 0. The molecule has 0 saturated carbocycles. The van der Waals surface area contributed by atoms with Gasteiger partial charge in [0.2, 0.25) is 0 Å². The van der Waals surface area contributed by atoms with Crippen LogP contribution in [0.5, 0.6) is 0 Å². The number of hydrogen-bond acceptors (Lipinski definition) is 0. The van der Waals surface area contributed by atoms with Crippen molar-refractivity contribution in [2.75, 3.05) is 0 Å². The fraction of sp³-hybridized carbons (Fsp3) is 0. The number of hydrogen-bond donors (Lipinski definition) is 0. The molecule has 0 fully saturated rings. The molecule has 0 aromatic carbocycles. The van der Waals surface area contributed by atoms with E-state index in [1.54, 1.807) is 0 Å². The molecule has 0 aliphatic rings. The average Bonchev–Trinajstić information content (AvgIpc) is 0. The van der Waals surface area contributed by atoms with Crippen molar-refractivity contribution in [1.82, 2.24) is 0 Å². The molecule has 8 heavy (non-hydrogen) atoms. The van der Waals surface area contributed by atoms with Gasteiger partial charge in [-0.1, -0.05) is 0 Å². The molecule has 0 nitrogen and oxygen atoms in total. The van der Waals surface area contributed by atoms with Crippen molar-refractivity contribution in [3.63, 3.8) is 0 Å². The van der Waals surface area contributed by atoms with Crippen molar-refractivity contribution in [3.05, 3.63) is 0 Å². The Balaban J connectivity index is 0. The van der Waals surface area contributed by atoms with Crippen LogP contribution in [-0.2, 0) is 0 Å². The maximum absolute atomic E-state index is 0. The van der Waals surface area contributed by atoms with E-state index in [0.717, 1.165) is 0 Å². The normalized spacial score (nSPS) is 0. The third-order valence-electron chi connectivity index (χ3n) is 0. The summed E-state index contributed by atoms with van der Waals surface area (Å²) in [6, 6.07) is 0. The van der Waals surface area contributed by atoms with Gasteiger partial charge in [0.1, 0.15) is 0 Å². The second-order valence-electron chi connectivity index (χ2n) is 0. The summed E-state index contributed by atoms with van der Waals surface area (Å²) in [5, 5.41) is 0. The van der Waals surface area contributed by atoms with Crippen LogP contribution in [-0.4, -0.2) is 72.8 Å². The predicted octanol–water partition coefficient (Wildman–Crippen LogP) is -18.7. The van der Waals surface area contributed by atoms with Crippen LogP contribution < -0.4 is 28.2 Å². The van der Waals surface area contributed by atoms with Crippen LogP contribution in [0.15, 0.2) is 0 Å². The van der Waals surface area contributed by atoms with Crippen LogP contribution in [0.2, 0.25) is 0 Å². The van der Waals surface area contributed by atoms with E-state index in [4.69, 9.17) is 0 Å². The maximum Gasteiger partial charge on any atom is 4.00 e. The predicted molar refractivity (Wildman–Crippen MR) is 11.5 cm³/mol. The zero-order valence-electron chi connectivity index (χ0n) is 3.47. The van der Waals surface area contributed by atoms with Gasteiger partial charge in [-0.2, -0.15) is 0 Å². The van der Waals surface area contributed by atoms with E-state index in [9.17, 15) is 0 Å². The molecule has 0 aliphatic carbocycles. The summed E-state index contributed by atoms with van der Waals surface area (Å²) in [6.07, 6.45) is 0. The van der Waals surface area contributed by atoms with Gasteiger partial charge in [0.25, 0.3) is 0 Å². The third kappa shape index (κ3) is 101. The SMILES string of the molecule is [Ba+2].[F-].[F-].[F-].[F-].[F-].[F-].[Sn+4]. The maximum atomic E-state index is 0. The molecule has 0 atom stereocenters. The van der Waals surface area contributed by atoms with Gasteiger partial charge in [0.15, 0.2) is 0 Å². The summed E-state index contributed by atoms with van der Waals surface area (Å²) in [4.78, 5) is 0. The van der Waals surface area contributed by atoms with Crippen molar-refractivity contribution in [3.8, 4) is 0 Å². The Morgan fingerprint density at radius 2 is 0.375 bits per heavy atom. The molecule has 0 heterocycles. The molecule has 48 valence electrons. The molecular formula is BaF6Sn. The average molecular weight is 370 g/mol. The number of halogens is 6. The van der Waals surface area contributed by atoms with Crippen LogP contribution in [0.1, 0.15) is 0 Å². The number of rotatable bonds is 0. The van der Waals surface area contributed by atoms with Gasteiger partial charge in [0.05, 0.1) is 0 Å². The first-order valence-electron chi connectivity index (χ1n) is 0. The van der Waals surface area contributed by atoms with Crippen LogP contribution in [0.4, 0.5) is 0 Å². The Morgan fingerprint density at radius 3 is 0.375 bits per heavy atom. The fourth-order valence-corrected chi connectivity index (χ4v) is 0. The minimum Gasteiger partial charge on any atom is -1.00 e. The van der Waals surface area contributed by atoms with Crippen LogP contribution in [0.3, 0.4) is 0 Å². The molecule has 0 aliphatic heterocycles. The molecule has 0 rings (SSSR count). The first-order chi connectivity index (χ1) is 0. The first kappa shape index (κ1) is 210. The van der Waals surface area contributed by atoms with Gasteiger partial charge in [-0.05, 0) is 0 Å². The minimum atomic E-state index is 0.